The average molecular weight is 472 g/mol. The Bertz CT molecular complexity index is 1320. The highest BCUT2D eigenvalue weighted by atomic mass is 16.5. The molecule has 1 saturated heterocycles. The molecule has 7 heteroatoms. The third-order valence-electron chi connectivity index (χ3n) is 6.67. The summed E-state index contributed by atoms with van der Waals surface area (Å²) in [6.07, 6.45) is 3.98. The van der Waals surface area contributed by atoms with E-state index in [1.165, 1.54) is 5.69 Å². The van der Waals surface area contributed by atoms with E-state index in [1.807, 2.05) is 35.9 Å². The molecule has 4 aromatic rings. The molecule has 0 atom stereocenters. The predicted molar refractivity (Wildman–Crippen MR) is 141 cm³/mol. The standard InChI is InChI=1S/C28H33N5O2/c1-2-35-26-12-6-5-11-25(26)31-21-19-30(20-22-31)16-7-8-17-33-28(34)14-13-27(29-33)32-18-15-23-9-3-4-10-24(23)32/h3-6,9-15,18H,2,7-8,16-17,19-22H2,1H3. The van der Waals surface area contributed by atoms with Gasteiger partial charge in [-0.3, -0.25) is 14.3 Å². The van der Waals surface area contributed by atoms with E-state index < -0.39 is 0 Å². The number of nitrogens with zero attached hydrogens (tertiary/aromatic N) is 5. The molecule has 0 unspecified atom stereocenters. The smallest absolute Gasteiger partial charge is 0.266 e. The molecule has 0 radical (unpaired) electrons. The molecule has 1 aliphatic heterocycles. The first-order valence-electron chi connectivity index (χ1n) is 12.6. The number of ether oxygens (including phenoxy) is 1. The van der Waals surface area contributed by atoms with Crippen LogP contribution in [-0.2, 0) is 6.54 Å². The second-order valence-corrected chi connectivity index (χ2v) is 8.93. The summed E-state index contributed by atoms with van der Waals surface area (Å²) in [5.41, 5.74) is 2.23. The first-order chi connectivity index (χ1) is 17.2. The van der Waals surface area contributed by atoms with E-state index in [4.69, 9.17) is 4.74 Å². The van der Waals surface area contributed by atoms with Crippen LogP contribution in [0.4, 0.5) is 5.69 Å². The lowest BCUT2D eigenvalue weighted by Crippen LogP contribution is -2.46. The minimum absolute atomic E-state index is 0.0493. The van der Waals surface area contributed by atoms with Crippen molar-refractivity contribution < 1.29 is 4.74 Å². The third kappa shape index (κ3) is 5.25. The van der Waals surface area contributed by atoms with E-state index in [2.05, 4.69) is 51.3 Å². The molecule has 2 aromatic carbocycles. The maximum absolute atomic E-state index is 12.4. The van der Waals surface area contributed by atoms with Crippen molar-refractivity contribution in [3.8, 4) is 11.6 Å². The Morgan fingerprint density at radius 1 is 0.857 bits per heavy atom. The molecule has 0 aliphatic carbocycles. The number of piperazine rings is 1. The molecule has 1 fully saturated rings. The van der Waals surface area contributed by atoms with E-state index in [9.17, 15) is 4.79 Å². The molecular formula is C28H33N5O2. The quantitative estimate of drug-likeness (QED) is 0.343. The summed E-state index contributed by atoms with van der Waals surface area (Å²) in [4.78, 5) is 17.3. The normalized spacial score (nSPS) is 14.5. The van der Waals surface area contributed by atoms with Crippen LogP contribution in [-0.4, -0.2) is 58.6 Å². The summed E-state index contributed by atoms with van der Waals surface area (Å²) in [5.74, 6) is 1.74. The van der Waals surface area contributed by atoms with Crippen molar-refractivity contribution in [2.45, 2.75) is 26.3 Å². The zero-order valence-corrected chi connectivity index (χ0v) is 20.3. The summed E-state index contributed by atoms with van der Waals surface area (Å²) in [7, 11) is 0. The van der Waals surface area contributed by atoms with Crippen LogP contribution >= 0.6 is 0 Å². The highest BCUT2D eigenvalue weighted by Gasteiger charge is 2.19. The number of unbranched alkanes of at least 4 members (excludes halogenated alkanes) is 1. The van der Waals surface area contributed by atoms with Gasteiger partial charge < -0.3 is 9.64 Å². The lowest BCUT2D eigenvalue weighted by molar-refractivity contribution is 0.249. The van der Waals surface area contributed by atoms with Gasteiger partial charge in [0.25, 0.3) is 5.56 Å². The van der Waals surface area contributed by atoms with Crippen molar-refractivity contribution in [3.63, 3.8) is 0 Å². The van der Waals surface area contributed by atoms with Gasteiger partial charge in [0.05, 0.1) is 17.8 Å². The Kier molecular flexibility index (Phi) is 7.14. The molecule has 182 valence electrons. The summed E-state index contributed by atoms with van der Waals surface area (Å²) in [5, 5.41) is 5.81. The van der Waals surface area contributed by atoms with Gasteiger partial charge in [0.2, 0.25) is 0 Å². The number of fused-ring (bicyclic) bond motifs is 1. The monoisotopic (exact) mass is 471 g/mol. The summed E-state index contributed by atoms with van der Waals surface area (Å²) in [6.45, 7) is 8.45. The van der Waals surface area contributed by atoms with Crippen LogP contribution in [0.1, 0.15) is 19.8 Å². The number of aromatic nitrogens is 3. The first-order valence-corrected chi connectivity index (χ1v) is 12.6. The molecular weight excluding hydrogens is 438 g/mol. The minimum Gasteiger partial charge on any atom is -0.492 e. The van der Waals surface area contributed by atoms with E-state index in [1.54, 1.807) is 16.8 Å². The number of hydrogen-bond donors (Lipinski definition) is 0. The predicted octanol–water partition coefficient (Wildman–Crippen LogP) is 4.19. The van der Waals surface area contributed by atoms with E-state index in [0.29, 0.717) is 13.2 Å². The Hall–Kier alpha value is -3.58. The largest absolute Gasteiger partial charge is 0.492 e. The maximum Gasteiger partial charge on any atom is 0.266 e. The van der Waals surface area contributed by atoms with Crippen LogP contribution in [0.3, 0.4) is 0 Å². The van der Waals surface area contributed by atoms with Crippen molar-refractivity contribution in [3.05, 3.63) is 83.3 Å². The molecule has 3 heterocycles. The van der Waals surface area contributed by atoms with Crippen LogP contribution in [0.5, 0.6) is 5.75 Å². The van der Waals surface area contributed by atoms with Gasteiger partial charge in [-0.2, -0.15) is 5.10 Å². The van der Waals surface area contributed by atoms with Crippen molar-refractivity contribution >= 4 is 16.6 Å². The molecule has 0 N–H and O–H groups in total. The van der Waals surface area contributed by atoms with Crippen molar-refractivity contribution in [1.29, 1.82) is 0 Å². The molecule has 0 bridgehead atoms. The van der Waals surface area contributed by atoms with Crippen LogP contribution < -0.4 is 15.2 Å². The van der Waals surface area contributed by atoms with E-state index in [0.717, 1.165) is 68.0 Å². The van der Waals surface area contributed by atoms with Crippen molar-refractivity contribution in [2.24, 2.45) is 0 Å². The third-order valence-corrected chi connectivity index (χ3v) is 6.67. The number of benzene rings is 2. The molecule has 2 aromatic heterocycles. The fourth-order valence-corrected chi connectivity index (χ4v) is 4.81. The van der Waals surface area contributed by atoms with Gasteiger partial charge in [-0.1, -0.05) is 30.3 Å². The van der Waals surface area contributed by atoms with Gasteiger partial charge in [-0.15, -0.1) is 0 Å². The maximum atomic E-state index is 12.4. The van der Waals surface area contributed by atoms with Gasteiger partial charge in [0.15, 0.2) is 5.82 Å². The zero-order chi connectivity index (χ0) is 24.0. The fourth-order valence-electron chi connectivity index (χ4n) is 4.81. The molecule has 1 aliphatic rings. The molecule has 5 rings (SSSR count). The highest BCUT2D eigenvalue weighted by Crippen LogP contribution is 2.28. The first kappa shape index (κ1) is 23.2. The van der Waals surface area contributed by atoms with Gasteiger partial charge in [-0.05, 0) is 62.0 Å². The van der Waals surface area contributed by atoms with Gasteiger partial charge in [0.1, 0.15) is 5.75 Å². The van der Waals surface area contributed by atoms with Crippen molar-refractivity contribution in [1.82, 2.24) is 19.2 Å². The van der Waals surface area contributed by atoms with Crippen LogP contribution in [0.2, 0.25) is 0 Å². The van der Waals surface area contributed by atoms with Crippen molar-refractivity contribution in [2.75, 3.05) is 44.2 Å². The number of aryl methyl sites for hydroxylation is 1. The number of rotatable bonds is 9. The molecule has 0 spiro atoms. The lowest BCUT2D eigenvalue weighted by Gasteiger charge is -2.36. The zero-order valence-electron chi connectivity index (χ0n) is 20.3. The molecule has 0 saturated carbocycles. The Morgan fingerprint density at radius 3 is 2.49 bits per heavy atom. The summed E-state index contributed by atoms with van der Waals surface area (Å²) >= 11 is 0. The SMILES string of the molecule is CCOc1ccccc1N1CCN(CCCCn2nc(-n3ccc4ccccc43)ccc2=O)CC1. The van der Waals surface area contributed by atoms with E-state index >= 15 is 0 Å². The second kappa shape index (κ2) is 10.8. The number of hydrogen-bond acceptors (Lipinski definition) is 5. The van der Waals surface area contributed by atoms with Gasteiger partial charge in [-0.25, -0.2) is 4.68 Å². The Balaban J connectivity index is 1.13. The fraction of sp³-hybridized carbons (Fsp3) is 0.357. The summed E-state index contributed by atoms with van der Waals surface area (Å²) < 4.78 is 9.45. The Labute approximate surface area is 206 Å². The minimum atomic E-state index is -0.0493. The second-order valence-electron chi connectivity index (χ2n) is 8.93. The highest BCUT2D eigenvalue weighted by molar-refractivity contribution is 5.81. The Morgan fingerprint density at radius 2 is 1.63 bits per heavy atom. The van der Waals surface area contributed by atoms with Crippen LogP contribution in [0, 0.1) is 0 Å². The van der Waals surface area contributed by atoms with Gasteiger partial charge in [0, 0.05) is 45.0 Å². The topological polar surface area (TPSA) is 55.5 Å². The van der Waals surface area contributed by atoms with Crippen LogP contribution in [0.25, 0.3) is 16.7 Å². The number of para-hydroxylation sites is 3. The lowest BCUT2D eigenvalue weighted by atomic mass is 10.2. The van der Waals surface area contributed by atoms with E-state index in [-0.39, 0.29) is 5.56 Å². The molecule has 0 amide bonds. The molecule has 7 nitrogen and oxygen atoms in total. The van der Waals surface area contributed by atoms with Crippen LogP contribution in [0.15, 0.2) is 77.7 Å². The van der Waals surface area contributed by atoms with Gasteiger partial charge >= 0.3 is 0 Å². The summed E-state index contributed by atoms with van der Waals surface area (Å²) in [6, 6.07) is 22.0. The average Bonchev–Trinajstić information content (AvgIpc) is 3.33. The number of anilines is 1. The molecule has 35 heavy (non-hydrogen) atoms.